The van der Waals surface area contributed by atoms with Gasteiger partial charge in [0.25, 0.3) is 0 Å². The number of amides is 1. The summed E-state index contributed by atoms with van der Waals surface area (Å²) in [6.45, 7) is 2.87. The molecule has 0 bridgehead atoms. The van der Waals surface area contributed by atoms with Gasteiger partial charge in [0, 0.05) is 6.04 Å². The van der Waals surface area contributed by atoms with Gasteiger partial charge >= 0.3 is 0 Å². The van der Waals surface area contributed by atoms with Gasteiger partial charge in [0.15, 0.2) is 0 Å². The molecule has 1 saturated heterocycles. The molecule has 2 rings (SSSR count). The fourth-order valence-corrected chi connectivity index (χ4v) is 3.36. The van der Waals surface area contributed by atoms with Crippen LogP contribution < -0.4 is 5.32 Å². The number of carbonyl (C=O) groups excluding carboxylic acids is 1. The predicted octanol–water partition coefficient (Wildman–Crippen LogP) is 1.79. The zero-order valence-electron chi connectivity index (χ0n) is 11.5. The first-order chi connectivity index (χ1) is 9.61. The average molecular weight is 293 g/mol. The first kappa shape index (κ1) is 15.0. The maximum atomic E-state index is 12.1. The summed E-state index contributed by atoms with van der Waals surface area (Å²) in [5.74, 6) is -0.128. The molecule has 0 spiro atoms. The molecule has 2 atom stereocenters. The first-order valence-corrected chi connectivity index (χ1v) is 7.69. The van der Waals surface area contributed by atoms with Crippen LogP contribution in [0, 0.1) is 11.3 Å². The quantitative estimate of drug-likeness (QED) is 0.887. The second-order valence-corrected chi connectivity index (χ2v) is 6.01. The lowest BCUT2D eigenvalue weighted by Crippen LogP contribution is -2.48. The Kier molecular flexibility index (Phi) is 5.12. The van der Waals surface area contributed by atoms with Crippen LogP contribution in [0.2, 0.25) is 0 Å². The van der Waals surface area contributed by atoms with E-state index in [1.165, 1.54) is 11.3 Å². The van der Waals surface area contributed by atoms with Crippen LogP contribution in [0.25, 0.3) is 0 Å². The highest BCUT2D eigenvalue weighted by Crippen LogP contribution is 2.23. The molecule has 1 aromatic heterocycles. The monoisotopic (exact) mass is 293 g/mol. The minimum Gasteiger partial charge on any atom is -0.392 e. The van der Waals surface area contributed by atoms with E-state index in [1.54, 1.807) is 18.4 Å². The molecule has 0 aliphatic carbocycles. The Labute approximate surface area is 122 Å². The van der Waals surface area contributed by atoms with Crippen molar-refractivity contribution in [3.63, 3.8) is 0 Å². The molecule has 0 radical (unpaired) electrons. The van der Waals surface area contributed by atoms with E-state index in [0.717, 1.165) is 25.8 Å². The van der Waals surface area contributed by atoms with Crippen molar-refractivity contribution < 1.29 is 9.90 Å². The normalized spacial score (nSPS) is 21.1. The van der Waals surface area contributed by atoms with Crippen molar-refractivity contribution in [3.05, 3.63) is 17.0 Å². The third-order valence-electron chi connectivity index (χ3n) is 3.61. The number of hydrogen-bond acceptors (Lipinski definition) is 5. The van der Waals surface area contributed by atoms with Crippen LogP contribution in [-0.4, -0.2) is 41.1 Å². The number of hydrogen-bond donors (Lipinski definition) is 2. The van der Waals surface area contributed by atoms with Crippen LogP contribution in [0.4, 0.5) is 5.00 Å². The Bertz CT molecular complexity index is 507. The minimum absolute atomic E-state index is 0.0493. The molecule has 0 aromatic carbocycles. The van der Waals surface area contributed by atoms with E-state index in [0.29, 0.717) is 10.6 Å². The summed E-state index contributed by atoms with van der Waals surface area (Å²) in [6.07, 6.45) is 2.64. The molecule has 0 saturated carbocycles. The molecule has 20 heavy (non-hydrogen) atoms. The van der Waals surface area contributed by atoms with E-state index < -0.39 is 6.10 Å². The molecule has 108 valence electrons. The van der Waals surface area contributed by atoms with E-state index in [9.17, 15) is 9.90 Å². The van der Waals surface area contributed by atoms with Crippen LogP contribution in [0.1, 0.15) is 31.7 Å². The van der Waals surface area contributed by atoms with Crippen LogP contribution >= 0.6 is 11.3 Å². The Hall–Kier alpha value is -1.42. The number of rotatable bonds is 4. The van der Waals surface area contributed by atoms with Gasteiger partial charge < -0.3 is 10.4 Å². The summed E-state index contributed by atoms with van der Waals surface area (Å²) in [6, 6.07) is 3.80. The number of piperidine rings is 1. The van der Waals surface area contributed by atoms with Gasteiger partial charge in [-0.25, -0.2) is 0 Å². The summed E-state index contributed by atoms with van der Waals surface area (Å²) < 4.78 is 0. The van der Waals surface area contributed by atoms with Crippen molar-refractivity contribution in [1.82, 2.24) is 4.90 Å². The highest BCUT2D eigenvalue weighted by Gasteiger charge is 2.27. The standard InChI is InChI=1S/C14H19N3O2S/c1-10(18)12-4-2-3-6-17(12)9-13(19)16-14-11(8-15)5-7-20-14/h5,7,10,12,18H,2-4,6,9H2,1H3,(H,16,19). The summed E-state index contributed by atoms with van der Waals surface area (Å²) in [5.41, 5.74) is 0.495. The van der Waals surface area contributed by atoms with Crippen LogP contribution in [0.5, 0.6) is 0 Å². The number of anilines is 1. The number of thiophene rings is 1. The highest BCUT2D eigenvalue weighted by molar-refractivity contribution is 7.14. The average Bonchev–Trinajstić information content (AvgIpc) is 2.86. The second-order valence-electron chi connectivity index (χ2n) is 5.10. The van der Waals surface area contributed by atoms with Crippen LogP contribution in [0.15, 0.2) is 11.4 Å². The SMILES string of the molecule is CC(O)C1CCCCN1CC(=O)Nc1sccc1C#N. The summed E-state index contributed by atoms with van der Waals surface area (Å²) in [5, 5.41) is 23.9. The van der Waals surface area contributed by atoms with E-state index >= 15 is 0 Å². The smallest absolute Gasteiger partial charge is 0.239 e. The van der Waals surface area contributed by atoms with Gasteiger partial charge in [0.1, 0.15) is 11.1 Å². The summed E-state index contributed by atoms with van der Waals surface area (Å²) in [4.78, 5) is 14.1. The molecule has 1 amide bonds. The predicted molar refractivity (Wildman–Crippen MR) is 78.6 cm³/mol. The van der Waals surface area contributed by atoms with Crippen molar-refractivity contribution in [2.75, 3.05) is 18.4 Å². The number of likely N-dealkylation sites (tertiary alicyclic amines) is 1. The van der Waals surface area contributed by atoms with Crippen LogP contribution in [-0.2, 0) is 4.79 Å². The van der Waals surface area contributed by atoms with Gasteiger partial charge in [-0.2, -0.15) is 5.26 Å². The maximum absolute atomic E-state index is 12.1. The fourth-order valence-electron chi connectivity index (χ4n) is 2.60. The number of aliphatic hydroxyl groups is 1. The van der Waals surface area contributed by atoms with E-state index in [4.69, 9.17) is 5.26 Å². The van der Waals surface area contributed by atoms with Gasteiger partial charge in [-0.1, -0.05) is 6.42 Å². The third kappa shape index (κ3) is 3.57. The van der Waals surface area contributed by atoms with Gasteiger partial charge in [-0.05, 0) is 37.8 Å². The molecular weight excluding hydrogens is 274 g/mol. The van der Waals surface area contributed by atoms with Gasteiger partial charge in [0.05, 0.1) is 18.2 Å². The Morgan fingerprint density at radius 1 is 1.70 bits per heavy atom. The molecule has 6 heteroatoms. The highest BCUT2D eigenvalue weighted by atomic mass is 32.1. The molecular formula is C14H19N3O2S. The zero-order valence-corrected chi connectivity index (χ0v) is 12.3. The number of nitrogens with zero attached hydrogens (tertiary/aromatic N) is 2. The number of nitrogens with one attached hydrogen (secondary N) is 1. The molecule has 2 unspecified atom stereocenters. The summed E-state index contributed by atoms with van der Waals surface area (Å²) in [7, 11) is 0. The van der Waals surface area contributed by atoms with Crippen molar-refractivity contribution in [3.8, 4) is 6.07 Å². The molecule has 2 N–H and O–H groups in total. The van der Waals surface area contributed by atoms with Gasteiger partial charge in [-0.15, -0.1) is 11.3 Å². The molecule has 2 heterocycles. The Morgan fingerprint density at radius 3 is 3.20 bits per heavy atom. The fraction of sp³-hybridized carbons (Fsp3) is 0.571. The molecule has 1 aromatic rings. The van der Waals surface area contributed by atoms with Crippen molar-refractivity contribution in [2.45, 2.75) is 38.3 Å². The van der Waals surface area contributed by atoms with Crippen LogP contribution in [0.3, 0.4) is 0 Å². The largest absolute Gasteiger partial charge is 0.392 e. The molecule has 1 fully saturated rings. The molecule has 5 nitrogen and oxygen atoms in total. The number of nitriles is 1. The topological polar surface area (TPSA) is 76.4 Å². The number of aliphatic hydroxyl groups excluding tert-OH is 1. The van der Waals surface area contributed by atoms with Gasteiger partial charge in [-0.3, -0.25) is 9.69 Å². The lowest BCUT2D eigenvalue weighted by atomic mass is 9.98. The third-order valence-corrected chi connectivity index (χ3v) is 4.44. The summed E-state index contributed by atoms with van der Waals surface area (Å²) >= 11 is 1.35. The Morgan fingerprint density at radius 2 is 2.50 bits per heavy atom. The lowest BCUT2D eigenvalue weighted by Gasteiger charge is -2.36. The zero-order chi connectivity index (χ0) is 14.5. The molecule has 1 aliphatic rings. The van der Waals surface area contributed by atoms with Gasteiger partial charge in [0.2, 0.25) is 5.91 Å². The minimum atomic E-state index is -0.431. The first-order valence-electron chi connectivity index (χ1n) is 6.81. The number of carbonyl (C=O) groups is 1. The lowest BCUT2D eigenvalue weighted by molar-refractivity contribution is -0.118. The maximum Gasteiger partial charge on any atom is 0.239 e. The van der Waals surface area contributed by atoms with Crippen molar-refractivity contribution in [1.29, 1.82) is 5.26 Å². The van der Waals surface area contributed by atoms with E-state index in [1.807, 2.05) is 4.90 Å². The van der Waals surface area contributed by atoms with Crippen molar-refractivity contribution in [2.24, 2.45) is 0 Å². The van der Waals surface area contributed by atoms with Crippen molar-refractivity contribution >= 4 is 22.2 Å². The Balaban J connectivity index is 1.95. The second kappa shape index (κ2) is 6.84. The van der Waals surface area contributed by atoms with E-state index in [-0.39, 0.29) is 18.5 Å². The van der Waals surface area contributed by atoms with E-state index in [2.05, 4.69) is 11.4 Å². The molecule has 1 aliphatic heterocycles.